The van der Waals surface area contributed by atoms with E-state index in [4.69, 9.17) is 10.5 Å². The number of rotatable bonds is 13. The van der Waals surface area contributed by atoms with E-state index in [1.807, 2.05) is 6.07 Å². The fraction of sp³-hybridized carbons (Fsp3) is 0.731. The van der Waals surface area contributed by atoms with Crippen LogP contribution >= 0.6 is 0 Å². The van der Waals surface area contributed by atoms with Crippen LogP contribution in [0.25, 0.3) is 0 Å². The summed E-state index contributed by atoms with van der Waals surface area (Å²) in [7, 11) is 0. The summed E-state index contributed by atoms with van der Waals surface area (Å²) < 4.78 is 5.77. The molecule has 4 heteroatoms. The lowest BCUT2D eigenvalue weighted by atomic mass is 9.82. The van der Waals surface area contributed by atoms with Gasteiger partial charge in [-0.15, -0.1) is 0 Å². The van der Waals surface area contributed by atoms with Gasteiger partial charge in [-0.25, -0.2) is 0 Å². The van der Waals surface area contributed by atoms with E-state index in [1.54, 1.807) is 0 Å². The molecule has 170 valence electrons. The normalized spacial score (nSPS) is 18.2. The van der Waals surface area contributed by atoms with E-state index >= 15 is 0 Å². The Balaban J connectivity index is 1.77. The summed E-state index contributed by atoms with van der Waals surface area (Å²) in [6.45, 7) is 4.14. The van der Waals surface area contributed by atoms with Gasteiger partial charge >= 0.3 is 5.97 Å². The molecule has 3 atom stereocenters. The van der Waals surface area contributed by atoms with Gasteiger partial charge in [0.15, 0.2) is 0 Å². The number of esters is 1. The van der Waals surface area contributed by atoms with E-state index in [0.717, 1.165) is 32.1 Å². The third kappa shape index (κ3) is 9.61. The van der Waals surface area contributed by atoms with Crippen molar-refractivity contribution in [3.05, 3.63) is 35.9 Å². The maximum Gasteiger partial charge on any atom is 0.306 e. The van der Waals surface area contributed by atoms with Crippen LogP contribution in [0.15, 0.2) is 30.3 Å². The molecule has 0 aliphatic heterocycles. The average molecular weight is 418 g/mol. The van der Waals surface area contributed by atoms with Crippen LogP contribution in [0.2, 0.25) is 0 Å². The molecule has 1 aliphatic carbocycles. The number of hydrogen-bond donors (Lipinski definition) is 2. The van der Waals surface area contributed by atoms with Crippen molar-refractivity contribution in [1.29, 1.82) is 0 Å². The zero-order valence-electron chi connectivity index (χ0n) is 19.1. The number of carbonyl (C=O) groups excluding carboxylic acids is 1. The van der Waals surface area contributed by atoms with Crippen molar-refractivity contribution in [2.75, 3.05) is 0 Å². The van der Waals surface area contributed by atoms with E-state index in [2.05, 4.69) is 38.1 Å². The number of ether oxygens (including phenoxy) is 1. The van der Waals surface area contributed by atoms with E-state index in [-0.39, 0.29) is 12.0 Å². The molecule has 1 aromatic rings. The Kier molecular flexibility index (Phi) is 11.5. The highest BCUT2D eigenvalue weighted by Gasteiger charge is 2.32. The van der Waals surface area contributed by atoms with Crippen molar-refractivity contribution in [2.24, 2.45) is 17.6 Å². The van der Waals surface area contributed by atoms with Crippen molar-refractivity contribution < 1.29 is 14.6 Å². The summed E-state index contributed by atoms with van der Waals surface area (Å²) in [5.41, 5.74) is 7.82. The molecule has 2 rings (SSSR count). The Morgan fingerprint density at radius 3 is 2.47 bits per heavy atom. The first kappa shape index (κ1) is 24.9. The van der Waals surface area contributed by atoms with E-state index in [1.165, 1.54) is 37.7 Å². The van der Waals surface area contributed by atoms with Crippen LogP contribution < -0.4 is 5.73 Å². The second-order valence-electron chi connectivity index (χ2n) is 9.60. The first-order chi connectivity index (χ1) is 14.5. The molecule has 0 bridgehead atoms. The van der Waals surface area contributed by atoms with Gasteiger partial charge in [-0.2, -0.15) is 0 Å². The molecule has 0 unspecified atom stereocenters. The molecule has 1 aliphatic rings. The molecular formula is C26H43NO3. The van der Waals surface area contributed by atoms with Gasteiger partial charge in [0.2, 0.25) is 0 Å². The van der Waals surface area contributed by atoms with Crippen LogP contribution in [0.4, 0.5) is 0 Å². The Labute approximate surface area is 183 Å². The highest BCUT2D eigenvalue weighted by atomic mass is 16.6. The number of aliphatic hydroxyl groups excluding tert-OH is 1. The number of hydrogen-bond acceptors (Lipinski definition) is 4. The van der Waals surface area contributed by atoms with Gasteiger partial charge in [0.25, 0.3) is 0 Å². The highest BCUT2D eigenvalue weighted by Crippen LogP contribution is 2.29. The second kappa shape index (κ2) is 13.8. The molecule has 1 aromatic carbocycles. The molecule has 0 amide bonds. The SMILES string of the molecule is CC(C)C[C@H](O)[C@H](OC(=O)CCCCCc1ccccc1)[C@@H](N)CC1CCCCC1. The summed E-state index contributed by atoms with van der Waals surface area (Å²) in [5, 5.41) is 10.7. The molecule has 0 aromatic heterocycles. The van der Waals surface area contributed by atoms with Crippen molar-refractivity contribution in [3.63, 3.8) is 0 Å². The van der Waals surface area contributed by atoms with Gasteiger partial charge in [0.1, 0.15) is 6.10 Å². The maximum atomic E-state index is 12.5. The topological polar surface area (TPSA) is 72.5 Å². The quantitative estimate of drug-likeness (QED) is 0.333. The predicted octanol–water partition coefficient (Wildman–Crippen LogP) is 5.41. The second-order valence-corrected chi connectivity index (χ2v) is 9.60. The van der Waals surface area contributed by atoms with Gasteiger partial charge in [0, 0.05) is 12.5 Å². The zero-order chi connectivity index (χ0) is 21.8. The van der Waals surface area contributed by atoms with Crippen molar-refractivity contribution >= 4 is 5.97 Å². The first-order valence-corrected chi connectivity index (χ1v) is 12.1. The van der Waals surface area contributed by atoms with Gasteiger partial charge in [0.05, 0.1) is 6.10 Å². The average Bonchev–Trinajstić information content (AvgIpc) is 2.72. The molecule has 1 saturated carbocycles. The lowest BCUT2D eigenvalue weighted by Gasteiger charge is -2.32. The molecule has 1 fully saturated rings. The van der Waals surface area contributed by atoms with Crippen LogP contribution in [-0.4, -0.2) is 29.3 Å². The Hall–Kier alpha value is -1.39. The summed E-state index contributed by atoms with van der Waals surface area (Å²) in [4.78, 5) is 12.5. The number of carbonyl (C=O) groups is 1. The number of unbranched alkanes of at least 4 members (excludes halogenated alkanes) is 2. The molecule has 4 nitrogen and oxygen atoms in total. The van der Waals surface area contributed by atoms with E-state index in [9.17, 15) is 9.90 Å². The van der Waals surface area contributed by atoms with Crippen molar-refractivity contribution in [2.45, 2.75) is 109 Å². The Morgan fingerprint density at radius 2 is 1.80 bits per heavy atom. The Bertz CT molecular complexity index is 583. The van der Waals surface area contributed by atoms with E-state index in [0.29, 0.717) is 24.7 Å². The van der Waals surface area contributed by atoms with Gasteiger partial charge < -0.3 is 15.6 Å². The molecule has 3 N–H and O–H groups in total. The lowest BCUT2D eigenvalue weighted by molar-refractivity contribution is -0.158. The molecule has 0 radical (unpaired) electrons. The van der Waals surface area contributed by atoms with E-state index < -0.39 is 12.2 Å². The summed E-state index contributed by atoms with van der Waals surface area (Å²) in [5.74, 6) is 0.710. The molecule has 0 heterocycles. The maximum absolute atomic E-state index is 12.5. The fourth-order valence-electron chi connectivity index (χ4n) is 4.64. The minimum absolute atomic E-state index is 0.221. The predicted molar refractivity (Wildman–Crippen MR) is 123 cm³/mol. The van der Waals surface area contributed by atoms with Crippen LogP contribution in [0.5, 0.6) is 0 Å². The molecule has 0 saturated heterocycles. The smallest absolute Gasteiger partial charge is 0.306 e. The van der Waals surface area contributed by atoms with Crippen LogP contribution in [0.3, 0.4) is 0 Å². The van der Waals surface area contributed by atoms with Crippen LogP contribution in [-0.2, 0) is 16.0 Å². The number of aryl methyl sites for hydroxylation is 1. The first-order valence-electron chi connectivity index (χ1n) is 12.1. The third-order valence-corrected chi connectivity index (χ3v) is 6.30. The van der Waals surface area contributed by atoms with Crippen molar-refractivity contribution in [1.82, 2.24) is 0 Å². The molecule has 0 spiro atoms. The van der Waals surface area contributed by atoms with Gasteiger partial charge in [-0.1, -0.05) is 82.7 Å². The van der Waals surface area contributed by atoms with Gasteiger partial charge in [-0.3, -0.25) is 4.79 Å². The molecule has 30 heavy (non-hydrogen) atoms. The molecular weight excluding hydrogens is 374 g/mol. The summed E-state index contributed by atoms with van der Waals surface area (Å²) >= 11 is 0. The zero-order valence-corrected chi connectivity index (χ0v) is 19.1. The van der Waals surface area contributed by atoms with Crippen molar-refractivity contribution in [3.8, 4) is 0 Å². The standard InChI is InChI=1S/C26H43NO3/c1-20(2)18-24(28)26(23(27)19-22-15-9-4-10-16-22)30-25(29)17-11-5-8-14-21-12-6-3-7-13-21/h3,6-7,12-13,20,22-24,26,28H,4-5,8-11,14-19,27H2,1-2H3/t23-,24-,26+/m0/s1. The van der Waals surface area contributed by atoms with Crippen LogP contribution in [0, 0.1) is 11.8 Å². The number of aliphatic hydroxyl groups is 1. The largest absolute Gasteiger partial charge is 0.458 e. The lowest BCUT2D eigenvalue weighted by Crippen LogP contribution is -2.47. The monoisotopic (exact) mass is 417 g/mol. The Morgan fingerprint density at radius 1 is 1.10 bits per heavy atom. The summed E-state index contributed by atoms with van der Waals surface area (Å²) in [6.07, 6.45) is 10.7. The fourth-order valence-corrected chi connectivity index (χ4v) is 4.64. The van der Waals surface area contributed by atoms with Crippen LogP contribution in [0.1, 0.15) is 90.0 Å². The highest BCUT2D eigenvalue weighted by molar-refractivity contribution is 5.69. The third-order valence-electron chi connectivity index (χ3n) is 6.30. The minimum atomic E-state index is -0.689. The number of nitrogens with two attached hydrogens (primary N) is 1. The summed E-state index contributed by atoms with van der Waals surface area (Å²) in [6, 6.07) is 10.1. The van der Waals surface area contributed by atoms with Gasteiger partial charge in [-0.05, 0) is 49.5 Å². The minimum Gasteiger partial charge on any atom is -0.458 e. The number of benzene rings is 1.